The van der Waals surface area contributed by atoms with Gasteiger partial charge < -0.3 is 0 Å². The van der Waals surface area contributed by atoms with Crippen LogP contribution in [-0.4, -0.2) is 0 Å². The first-order chi connectivity index (χ1) is 5.79. The van der Waals surface area contributed by atoms with Crippen LogP contribution < -0.4 is 0 Å². The molecule has 2 heterocycles. The molecule has 12 heavy (non-hydrogen) atoms. The smallest absolute Gasteiger partial charge is 0.0353 e. The molecule has 2 aromatic heterocycles. The maximum atomic E-state index is 2.25. The summed E-state index contributed by atoms with van der Waals surface area (Å²) in [6.07, 6.45) is 0. The Balaban J connectivity index is 2.55. The quantitative estimate of drug-likeness (QED) is 0.641. The van der Waals surface area contributed by atoms with Crippen molar-refractivity contribution in [3.63, 3.8) is 0 Å². The number of hydrogen-bond acceptors (Lipinski definition) is 2. The average molecular weight is 194 g/mol. The molecule has 0 aliphatic heterocycles. The highest BCUT2D eigenvalue weighted by molar-refractivity contribution is 7.14. The molecule has 0 saturated carbocycles. The summed E-state index contributed by atoms with van der Waals surface area (Å²) in [4.78, 5) is 2.82. The molecule has 0 N–H and O–H groups in total. The maximum Gasteiger partial charge on any atom is 0.0353 e. The van der Waals surface area contributed by atoms with Gasteiger partial charge in [0, 0.05) is 15.3 Å². The summed E-state index contributed by atoms with van der Waals surface area (Å²) in [5.74, 6) is 0. The van der Waals surface area contributed by atoms with Crippen LogP contribution in [0.5, 0.6) is 0 Å². The summed E-state index contributed by atoms with van der Waals surface area (Å²) in [7, 11) is 0. The summed E-state index contributed by atoms with van der Waals surface area (Å²) in [6, 6.07) is 4.28. The van der Waals surface area contributed by atoms with Crippen LogP contribution in [0.15, 0.2) is 22.9 Å². The zero-order chi connectivity index (χ0) is 8.55. The van der Waals surface area contributed by atoms with E-state index in [9.17, 15) is 0 Å². The van der Waals surface area contributed by atoms with Crippen LogP contribution >= 0.6 is 22.7 Å². The van der Waals surface area contributed by atoms with Gasteiger partial charge in [-0.15, -0.1) is 22.7 Å². The Morgan fingerprint density at radius 3 is 2.50 bits per heavy atom. The van der Waals surface area contributed by atoms with Crippen molar-refractivity contribution < 1.29 is 0 Å². The van der Waals surface area contributed by atoms with Crippen LogP contribution in [0.25, 0.3) is 10.4 Å². The van der Waals surface area contributed by atoms with E-state index in [1.165, 1.54) is 20.9 Å². The van der Waals surface area contributed by atoms with E-state index in [4.69, 9.17) is 0 Å². The third-order valence-electron chi connectivity index (χ3n) is 2.07. The lowest BCUT2D eigenvalue weighted by Gasteiger charge is -1.94. The summed E-state index contributed by atoms with van der Waals surface area (Å²) >= 11 is 3.65. The Morgan fingerprint density at radius 1 is 1.17 bits per heavy atom. The molecule has 0 fully saturated rings. The number of rotatable bonds is 1. The first-order valence-electron chi connectivity index (χ1n) is 3.87. The van der Waals surface area contributed by atoms with Crippen molar-refractivity contribution in [3.05, 3.63) is 33.3 Å². The van der Waals surface area contributed by atoms with E-state index in [0.717, 1.165) is 0 Å². The van der Waals surface area contributed by atoms with Gasteiger partial charge in [-0.1, -0.05) is 6.07 Å². The molecular formula is C10H10S2. The average Bonchev–Trinajstić information content (AvgIpc) is 2.64. The van der Waals surface area contributed by atoms with Crippen LogP contribution in [0.4, 0.5) is 0 Å². The second kappa shape index (κ2) is 3.04. The highest BCUT2D eigenvalue weighted by atomic mass is 32.1. The zero-order valence-electron chi connectivity index (χ0n) is 7.13. The first-order valence-corrected chi connectivity index (χ1v) is 5.63. The van der Waals surface area contributed by atoms with Gasteiger partial charge in [-0.25, -0.2) is 0 Å². The van der Waals surface area contributed by atoms with Gasteiger partial charge in [0.25, 0.3) is 0 Å². The minimum absolute atomic E-state index is 1.39. The molecule has 2 rings (SSSR count). The van der Waals surface area contributed by atoms with Gasteiger partial charge in [-0.3, -0.25) is 0 Å². The molecule has 0 aliphatic carbocycles. The van der Waals surface area contributed by atoms with E-state index < -0.39 is 0 Å². The van der Waals surface area contributed by atoms with Crippen molar-refractivity contribution in [3.8, 4) is 10.4 Å². The SMILES string of the molecule is Cc1scc(-c2cccs2)c1C. The molecule has 0 atom stereocenters. The fourth-order valence-corrected chi connectivity index (χ4v) is 2.95. The van der Waals surface area contributed by atoms with Gasteiger partial charge in [0.2, 0.25) is 0 Å². The standard InChI is InChI=1S/C10H10S2/c1-7-8(2)12-6-9(7)10-4-3-5-11-10/h3-6H,1-2H3. The second-order valence-electron chi connectivity index (χ2n) is 2.81. The number of thiophene rings is 2. The number of hydrogen-bond donors (Lipinski definition) is 0. The Kier molecular flexibility index (Phi) is 2.03. The van der Waals surface area contributed by atoms with Gasteiger partial charge in [0.05, 0.1) is 0 Å². The third-order valence-corrected chi connectivity index (χ3v) is 3.99. The largest absolute Gasteiger partial charge is 0.148 e. The lowest BCUT2D eigenvalue weighted by atomic mass is 10.1. The third kappa shape index (κ3) is 1.21. The van der Waals surface area contributed by atoms with Gasteiger partial charge in [-0.05, 0) is 36.2 Å². The lowest BCUT2D eigenvalue weighted by Crippen LogP contribution is -1.72. The Labute approximate surface area is 80.5 Å². The van der Waals surface area contributed by atoms with Crippen LogP contribution in [-0.2, 0) is 0 Å². The molecule has 62 valence electrons. The van der Waals surface area contributed by atoms with E-state index in [1.54, 1.807) is 0 Å². The summed E-state index contributed by atoms with van der Waals surface area (Å²) < 4.78 is 0. The van der Waals surface area contributed by atoms with Crippen molar-refractivity contribution in [2.45, 2.75) is 13.8 Å². The predicted molar refractivity (Wildman–Crippen MR) is 57.1 cm³/mol. The molecule has 0 unspecified atom stereocenters. The van der Waals surface area contributed by atoms with Crippen molar-refractivity contribution in [1.29, 1.82) is 0 Å². The molecule has 0 nitrogen and oxygen atoms in total. The Hall–Kier alpha value is -0.600. The van der Waals surface area contributed by atoms with Crippen molar-refractivity contribution >= 4 is 22.7 Å². The van der Waals surface area contributed by atoms with Gasteiger partial charge in [0.1, 0.15) is 0 Å². The van der Waals surface area contributed by atoms with E-state index in [0.29, 0.717) is 0 Å². The van der Waals surface area contributed by atoms with Gasteiger partial charge >= 0.3 is 0 Å². The monoisotopic (exact) mass is 194 g/mol. The van der Waals surface area contributed by atoms with Gasteiger partial charge in [0.15, 0.2) is 0 Å². The van der Waals surface area contributed by atoms with E-state index in [1.807, 2.05) is 22.7 Å². The highest BCUT2D eigenvalue weighted by Crippen LogP contribution is 2.32. The first kappa shape index (κ1) is 8.02. The maximum absolute atomic E-state index is 2.25. The normalized spacial score (nSPS) is 10.5. The molecule has 2 heteroatoms. The molecule has 0 radical (unpaired) electrons. The minimum atomic E-state index is 1.39. The fourth-order valence-electron chi connectivity index (χ4n) is 1.19. The Morgan fingerprint density at radius 2 is 2.00 bits per heavy atom. The van der Waals surface area contributed by atoms with Gasteiger partial charge in [-0.2, -0.15) is 0 Å². The van der Waals surface area contributed by atoms with E-state index >= 15 is 0 Å². The van der Waals surface area contributed by atoms with E-state index in [2.05, 4.69) is 36.7 Å². The van der Waals surface area contributed by atoms with E-state index in [-0.39, 0.29) is 0 Å². The summed E-state index contributed by atoms with van der Waals surface area (Å²) in [5.41, 5.74) is 2.84. The molecule has 0 saturated heterocycles. The van der Waals surface area contributed by atoms with Crippen molar-refractivity contribution in [2.24, 2.45) is 0 Å². The molecule has 0 spiro atoms. The Bertz CT molecular complexity index is 368. The summed E-state index contributed by atoms with van der Waals surface area (Å²) in [6.45, 7) is 4.37. The molecule has 0 aromatic carbocycles. The minimum Gasteiger partial charge on any atom is -0.148 e. The van der Waals surface area contributed by atoms with Crippen LogP contribution in [0.1, 0.15) is 10.4 Å². The van der Waals surface area contributed by atoms with Crippen molar-refractivity contribution in [1.82, 2.24) is 0 Å². The molecule has 2 aromatic rings. The van der Waals surface area contributed by atoms with Crippen molar-refractivity contribution in [2.75, 3.05) is 0 Å². The fraction of sp³-hybridized carbons (Fsp3) is 0.200. The van der Waals surface area contributed by atoms with Crippen LogP contribution in [0.2, 0.25) is 0 Å². The topological polar surface area (TPSA) is 0 Å². The number of aryl methyl sites for hydroxylation is 1. The molecule has 0 bridgehead atoms. The molecular weight excluding hydrogens is 184 g/mol. The zero-order valence-corrected chi connectivity index (χ0v) is 8.76. The lowest BCUT2D eigenvalue weighted by molar-refractivity contribution is 1.45. The highest BCUT2D eigenvalue weighted by Gasteiger charge is 2.05. The molecule has 0 aliphatic rings. The second-order valence-corrected chi connectivity index (χ2v) is 4.84. The van der Waals surface area contributed by atoms with Crippen LogP contribution in [0.3, 0.4) is 0 Å². The van der Waals surface area contributed by atoms with Crippen LogP contribution in [0, 0.1) is 13.8 Å². The molecule has 0 amide bonds. The summed E-state index contributed by atoms with van der Waals surface area (Å²) in [5, 5.41) is 4.37. The predicted octanol–water partition coefficient (Wildman–Crippen LogP) is 4.09.